The summed E-state index contributed by atoms with van der Waals surface area (Å²) < 4.78 is 6.27. The summed E-state index contributed by atoms with van der Waals surface area (Å²) >= 11 is 3.32. The van der Waals surface area contributed by atoms with Crippen molar-refractivity contribution < 1.29 is 4.74 Å². The van der Waals surface area contributed by atoms with Gasteiger partial charge in [-0.3, -0.25) is 0 Å². The molecule has 1 aliphatic heterocycles. The molecular weight excluding hydrogens is 230 g/mol. The summed E-state index contributed by atoms with van der Waals surface area (Å²) in [5.74, 6) is 1.37. The third-order valence-electron chi connectivity index (χ3n) is 2.18. The lowest BCUT2D eigenvalue weighted by Crippen LogP contribution is -2.16. The topological polar surface area (TPSA) is 22.1 Å². The fourth-order valence-corrected chi connectivity index (χ4v) is 1.70. The van der Waals surface area contributed by atoms with Crippen LogP contribution in [0, 0.1) is 5.92 Å². The van der Waals surface area contributed by atoms with Crippen LogP contribution < -0.4 is 0 Å². The Hall–Kier alpha value is -0.410. The Bertz CT molecular complexity index is 267. The van der Waals surface area contributed by atoms with E-state index in [4.69, 9.17) is 4.74 Å². The van der Waals surface area contributed by atoms with E-state index in [0.717, 1.165) is 30.7 Å². The van der Waals surface area contributed by atoms with Gasteiger partial charge in [-0.15, -0.1) is 0 Å². The molecule has 13 heavy (non-hydrogen) atoms. The minimum absolute atomic E-state index is 0.767. The van der Waals surface area contributed by atoms with Crippen molar-refractivity contribution in [2.45, 2.75) is 12.8 Å². The number of halogens is 1. The molecule has 1 aliphatic rings. The molecule has 2 rings (SSSR count). The third-order valence-corrected chi connectivity index (χ3v) is 2.65. The molecule has 1 saturated heterocycles. The normalized spacial score (nSPS) is 18.8. The fraction of sp³-hybridized carbons (Fsp3) is 0.400. The zero-order chi connectivity index (χ0) is 9.10. The maximum atomic E-state index is 5.39. The highest BCUT2D eigenvalue weighted by Gasteiger charge is 2.16. The van der Waals surface area contributed by atoms with Crippen LogP contribution >= 0.6 is 15.9 Å². The maximum absolute atomic E-state index is 5.39. The van der Waals surface area contributed by atoms with Crippen molar-refractivity contribution in [3.63, 3.8) is 0 Å². The van der Waals surface area contributed by atoms with E-state index in [9.17, 15) is 0 Å². The first-order valence-electron chi connectivity index (χ1n) is 4.40. The maximum Gasteiger partial charge on any atom is 0.106 e. The molecule has 1 radical (unpaired) electrons. The van der Waals surface area contributed by atoms with E-state index in [1.54, 1.807) is 0 Å². The molecule has 3 heteroatoms. The van der Waals surface area contributed by atoms with E-state index in [1.807, 2.05) is 12.3 Å². The average Bonchev–Trinajstić information content (AvgIpc) is 2.20. The highest BCUT2D eigenvalue weighted by Crippen LogP contribution is 2.24. The van der Waals surface area contributed by atoms with Gasteiger partial charge in [0.25, 0.3) is 0 Å². The Kier molecular flexibility index (Phi) is 2.96. The van der Waals surface area contributed by atoms with Crippen molar-refractivity contribution in [2.24, 2.45) is 0 Å². The van der Waals surface area contributed by atoms with E-state index in [-0.39, 0.29) is 0 Å². The standard InChI is InChI=1S/C10H11BrNO/c11-10-4-3-8(6-12-10)9-2-1-5-13-7-9/h3-4,6H,1-2,5,7H2. The van der Waals surface area contributed by atoms with Crippen LogP contribution in [0.4, 0.5) is 0 Å². The van der Waals surface area contributed by atoms with Crippen LogP contribution in [0.25, 0.3) is 0 Å². The number of rotatable bonds is 1. The lowest BCUT2D eigenvalue weighted by atomic mass is 9.95. The number of nitrogens with zero attached hydrogens (tertiary/aromatic N) is 1. The van der Waals surface area contributed by atoms with Crippen LogP contribution in [0.5, 0.6) is 0 Å². The Morgan fingerprint density at radius 3 is 2.92 bits per heavy atom. The van der Waals surface area contributed by atoms with E-state index >= 15 is 0 Å². The molecule has 69 valence electrons. The monoisotopic (exact) mass is 240 g/mol. The number of aromatic nitrogens is 1. The number of pyridine rings is 1. The van der Waals surface area contributed by atoms with Gasteiger partial charge < -0.3 is 4.74 Å². The lowest BCUT2D eigenvalue weighted by Gasteiger charge is -2.21. The molecule has 0 aromatic carbocycles. The molecule has 0 spiro atoms. The zero-order valence-electron chi connectivity index (χ0n) is 7.29. The lowest BCUT2D eigenvalue weighted by molar-refractivity contribution is 0.115. The van der Waals surface area contributed by atoms with Gasteiger partial charge in [-0.25, -0.2) is 4.98 Å². The molecule has 0 amide bonds. The summed E-state index contributed by atoms with van der Waals surface area (Å²) in [5.41, 5.74) is 1.21. The van der Waals surface area contributed by atoms with E-state index < -0.39 is 0 Å². The molecule has 2 heterocycles. The Balaban J connectivity index is 2.10. The Morgan fingerprint density at radius 2 is 2.31 bits per heavy atom. The average molecular weight is 241 g/mol. The van der Waals surface area contributed by atoms with Crippen molar-refractivity contribution in [2.75, 3.05) is 13.2 Å². The molecule has 0 unspecified atom stereocenters. The largest absolute Gasteiger partial charge is 0.380 e. The van der Waals surface area contributed by atoms with Crippen molar-refractivity contribution in [3.05, 3.63) is 34.4 Å². The summed E-state index contributed by atoms with van der Waals surface area (Å²) in [5, 5.41) is 0. The number of hydrogen-bond acceptors (Lipinski definition) is 2. The molecule has 2 nitrogen and oxygen atoms in total. The van der Waals surface area contributed by atoms with E-state index in [0.29, 0.717) is 0 Å². The molecule has 1 aromatic rings. The van der Waals surface area contributed by atoms with Gasteiger partial charge in [-0.1, -0.05) is 6.07 Å². The van der Waals surface area contributed by atoms with Crippen molar-refractivity contribution in [1.82, 2.24) is 4.98 Å². The Labute approximate surface area is 86.5 Å². The van der Waals surface area contributed by atoms with Crippen molar-refractivity contribution in [1.29, 1.82) is 0 Å². The first kappa shape index (κ1) is 9.16. The first-order chi connectivity index (χ1) is 6.36. The van der Waals surface area contributed by atoms with Crippen LogP contribution in [0.15, 0.2) is 22.9 Å². The molecule has 0 atom stereocenters. The molecule has 0 aliphatic carbocycles. The summed E-state index contributed by atoms with van der Waals surface area (Å²) in [6.07, 6.45) is 4.17. The van der Waals surface area contributed by atoms with Gasteiger partial charge in [0.2, 0.25) is 0 Å². The summed E-state index contributed by atoms with van der Waals surface area (Å²) in [6, 6.07) is 4.05. The van der Waals surface area contributed by atoms with Crippen molar-refractivity contribution >= 4 is 15.9 Å². The Morgan fingerprint density at radius 1 is 1.38 bits per heavy atom. The van der Waals surface area contributed by atoms with Crippen LogP contribution in [0.1, 0.15) is 18.4 Å². The second-order valence-corrected chi connectivity index (χ2v) is 3.94. The molecule has 0 saturated carbocycles. The number of hydrogen-bond donors (Lipinski definition) is 0. The molecule has 0 bridgehead atoms. The quantitative estimate of drug-likeness (QED) is 0.705. The fourth-order valence-electron chi connectivity index (χ4n) is 1.47. The van der Waals surface area contributed by atoms with Crippen LogP contribution in [0.3, 0.4) is 0 Å². The highest BCUT2D eigenvalue weighted by atomic mass is 79.9. The van der Waals surface area contributed by atoms with E-state index in [1.165, 1.54) is 11.5 Å². The van der Waals surface area contributed by atoms with Gasteiger partial charge in [-0.2, -0.15) is 0 Å². The van der Waals surface area contributed by atoms with Crippen LogP contribution in [-0.4, -0.2) is 18.2 Å². The third kappa shape index (κ3) is 2.29. The van der Waals surface area contributed by atoms with Crippen LogP contribution in [-0.2, 0) is 4.74 Å². The van der Waals surface area contributed by atoms with Gasteiger partial charge in [0.1, 0.15) is 4.60 Å². The van der Waals surface area contributed by atoms with Gasteiger partial charge in [0.05, 0.1) is 6.61 Å². The SMILES string of the molecule is Brc1ccc([C]2CCCOC2)cn1. The molecule has 1 fully saturated rings. The molecular formula is C10H11BrNO. The second kappa shape index (κ2) is 4.20. The summed E-state index contributed by atoms with van der Waals surface area (Å²) in [4.78, 5) is 4.19. The predicted octanol–water partition coefficient (Wildman–Crippen LogP) is 2.58. The molecule has 1 aromatic heterocycles. The number of ether oxygens (including phenoxy) is 1. The zero-order valence-corrected chi connectivity index (χ0v) is 8.88. The van der Waals surface area contributed by atoms with Gasteiger partial charge >= 0.3 is 0 Å². The van der Waals surface area contributed by atoms with Crippen LogP contribution in [0.2, 0.25) is 0 Å². The predicted molar refractivity (Wildman–Crippen MR) is 54.3 cm³/mol. The van der Waals surface area contributed by atoms with Gasteiger partial charge in [-0.05, 0) is 40.4 Å². The second-order valence-electron chi connectivity index (χ2n) is 3.13. The van der Waals surface area contributed by atoms with Gasteiger partial charge in [0.15, 0.2) is 0 Å². The van der Waals surface area contributed by atoms with E-state index in [2.05, 4.69) is 27.0 Å². The van der Waals surface area contributed by atoms with Crippen molar-refractivity contribution in [3.8, 4) is 0 Å². The summed E-state index contributed by atoms with van der Waals surface area (Å²) in [6.45, 7) is 1.66. The smallest absolute Gasteiger partial charge is 0.106 e. The minimum Gasteiger partial charge on any atom is -0.380 e. The summed E-state index contributed by atoms with van der Waals surface area (Å²) in [7, 11) is 0. The molecule has 0 N–H and O–H groups in total. The van der Waals surface area contributed by atoms with Gasteiger partial charge in [0, 0.05) is 18.7 Å². The minimum atomic E-state index is 0.767. The first-order valence-corrected chi connectivity index (χ1v) is 5.20. The highest BCUT2D eigenvalue weighted by molar-refractivity contribution is 9.10.